The summed E-state index contributed by atoms with van der Waals surface area (Å²) < 4.78 is 0. The molecule has 0 amide bonds. The SMILES string of the molecule is C=C/C=C(\C=C/C)C(=C)CC(=C)CCC1=Cc2[nH]c3c(c2CC1)/C(=C/C=C)C1=C(CCC=C1)C3(C)C. The number of aromatic nitrogens is 1. The second kappa shape index (κ2) is 10.7. The van der Waals surface area contributed by atoms with Crippen LogP contribution in [0.1, 0.15) is 81.8 Å². The number of aromatic amines is 1. The van der Waals surface area contributed by atoms with E-state index in [1.54, 1.807) is 5.57 Å². The number of allylic oxidation sites excluding steroid dienone is 15. The molecule has 0 aliphatic heterocycles. The molecule has 1 aromatic heterocycles. The summed E-state index contributed by atoms with van der Waals surface area (Å²) in [6.07, 6.45) is 26.5. The fraction of sp³-hybridized carbons (Fsp3) is 0.314. The fourth-order valence-electron chi connectivity index (χ4n) is 6.04. The molecule has 36 heavy (non-hydrogen) atoms. The van der Waals surface area contributed by atoms with Gasteiger partial charge in [-0.25, -0.2) is 0 Å². The molecule has 1 heterocycles. The molecular formula is C35H41N. The van der Waals surface area contributed by atoms with E-state index < -0.39 is 0 Å². The van der Waals surface area contributed by atoms with Gasteiger partial charge in [-0.1, -0.05) is 105 Å². The lowest BCUT2D eigenvalue weighted by atomic mass is 9.66. The summed E-state index contributed by atoms with van der Waals surface area (Å²) in [7, 11) is 0. The van der Waals surface area contributed by atoms with E-state index in [2.05, 4.69) is 75.5 Å². The highest BCUT2D eigenvalue weighted by molar-refractivity contribution is 5.91. The average molecular weight is 476 g/mol. The molecule has 1 aromatic rings. The number of hydrogen-bond donors (Lipinski definition) is 1. The van der Waals surface area contributed by atoms with Gasteiger partial charge in [-0.15, -0.1) is 0 Å². The molecule has 4 rings (SSSR count). The summed E-state index contributed by atoms with van der Waals surface area (Å²) >= 11 is 0. The van der Waals surface area contributed by atoms with Crippen molar-refractivity contribution < 1.29 is 0 Å². The molecule has 0 saturated carbocycles. The summed E-state index contributed by atoms with van der Waals surface area (Å²) in [5.41, 5.74) is 14.8. The Morgan fingerprint density at radius 3 is 2.64 bits per heavy atom. The quantitative estimate of drug-likeness (QED) is 0.270. The van der Waals surface area contributed by atoms with E-state index in [4.69, 9.17) is 0 Å². The van der Waals surface area contributed by atoms with Crippen molar-refractivity contribution in [1.82, 2.24) is 4.98 Å². The third-order valence-corrected chi connectivity index (χ3v) is 7.89. The first kappa shape index (κ1) is 25.8. The van der Waals surface area contributed by atoms with E-state index in [1.807, 2.05) is 31.2 Å². The molecule has 3 aliphatic rings. The van der Waals surface area contributed by atoms with Crippen LogP contribution in [0.25, 0.3) is 11.6 Å². The monoisotopic (exact) mass is 475 g/mol. The summed E-state index contributed by atoms with van der Waals surface area (Å²) in [5.74, 6) is 0. The molecule has 186 valence electrons. The summed E-state index contributed by atoms with van der Waals surface area (Å²) in [6.45, 7) is 23.3. The minimum absolute atomic E-state index is 0.0114. The zero-order chi connectivity index (χ0) is 25.9. The zero-order valence-electron chi connectivity index (χ0n) is 22.5. The third kappa shape index (κ3) is 4.85. The maximum atomic E-state index is 4.37. The minimum Gasteiger partial charge on any atom is -0.357 e. The molecule has 0 aromatic carbocycles. The van der Waals surface area contributed by atoms with Crippen molar-refractivity contribution in [2.45, 2.75) is 71.1 Å². The first-order valence-electron chi connectivity index (χ1n) is 13.3. The van der Waals surface area contributed by atoms with Crippen LogP contribution in [0.4, 0.5) is 0 Å². The van der Waals surface area contributed by atoms with E-state index in [-0.39, 0.29) is 5.41 Å². The van der Waals surface area contributed by atoms with Crippen molar-refractivity contribution in [3.63, 3.8) is 0 Å². The van der Waals surface area contributed by atoms with Crippen LogP contribution in [-0.4, -0.2) is 4.98 Å². The molecule has 1 heteroatoms. The molecular weight excluding hydrogens is 434 g/mol. The van der Waals surface area contributed by atoms with Crippen molar-refractivity contribution >= 4 is 11.6 Å². The van der Waals surface area contributed by atoms with Gasteiger partial charge < -0.3 is 4.98 Å². The van der Waals surface area contributed by atoms with Gasteiger partial charge in [0, 0.05) is 22.4 Å². The van der Waals surface area contributed by atoms with Gasteiger partial charge in [0.05, 0.1) is 0 Å². The lowest BCUT2D eigenvalue weighted by molar-refractivity contribution is 0.564. The molecule has 0 bridgehead atoms. The molecule has 0 radical (unpaired) electrons. The number of H-pyrrole nitrogens is 1. The summed E-state index contributed by atoms with van der Waals surface area (Å²) in [6, 6.07) is 0. The molecule has 3 aliphatic carbocycles. The Kier molecular flexibility index (Phi) is 7.69. The number of nitrogens with one attached hydrogen (secondary N) is 1. The van der Waals surface area contributed by atoms with Crippen LogP contribution < -0.4 is 0 Å². The number of rotatable bonds is 9. The van der Waals surface area contributed by atoms with Crippen LogP contribution in [0.5, 0.6) is 0 Å². The second-order valence-corrected chi connectivity index (χ2v) is 10.7. The Morgan fingerprint density at radius 2 is 1.92 bits per heavy atom. The van der Waals surface area contributed by atoms with Crippen molar-refractivity contribution in [2.75, 3.05) is 0 Å². The predicted octanol–water partition coefficient (Wildman–Crippen LogP) is 9.82. The maximum absolute atomic E-state index is 4.37. The van der Waals surface area contributed by atoms with Gasteiger partial charge in [0.1, 0.15) is 0 Å². The lowest BCUT2D eigenvalue weighted by Gasteiger charge is -2.38. The van der Waals surface area contributed by atoms with Crippen LogP contribution in [0.15, 0.2) is 108 Å². The molecule has 0 fully saturated rings. The first-order valence-corrected chi connectivity index (χ1v) is 13.3. The average Bonchev–Trinajstić information content (AvgIpc) is 3.25. The topological polar surface area (TPSA) is 15.8 Å². The standard InChI is InChI=1S/C35H41N/c1-8-13-27(14-9-2)25(5)22-24(4)18-19-26-20-21-30-32(23-26)36-34-33(30)29(15-10-3)28-16-11-12-17-31(28)35(34,6)7/h8-11,13-16,23,36H,1,3-5,12,17-22H2,2,6-7H3/b14-9-,27-13+,29-15+. The Balaban J connectivity index is 1.55. The highest BCUT2D eigenvalue weighted by Crippen LogP contribution is 2.51. The van der Waals surface area contributed by atoms with Gasteiger partial charge in [0.2, 0.25) is 0 Å². The van der Waals surface area contributed by atoms with E-state index in [0.29, 0.717) is 0 Å². The van der Waals surface area contributed by atoms with Crippen LogP contribution in [0.3, 0.4) is 0 Å². The maximum Gasteiger partial charge on any atom is 0.0421 e. The Hall–Kier alpha value is -3.32. The van der Waals surface area contributed by atoms with E-state index >= 15 is 0 Å². The van der Waals surface area contributed by atoms with Crippen molar-refractivity contribution in [2.24, 2.45) is 0 Å². The van der Waals surface area contributed by atoms with Gasteiger partial charge in [0.15, 0.2) is 0 Å². The van der Waals surface area contributed by atoms with Gasteiger partial charge in [0.25, 0.3) is 0 Å². The first-order chi connectivity index (χ1) is 17.3. The van der Waals surface area contributed by atoms with Gasteiger partial charge in [-0.3, -0.25) is 0 Å². The number of hydrogen-bond acceptors (Lipinski definition) is 0. The fourth-order valence-corrected chi connectivity index (χ4v) is 6.04. The third-order valence-electron chi connectivity index (χ3n) is 7.89. The van der Waals surface area contributed by atoms with Crippen molar-refractivity contribution in [3.8, 4) is 0 Å². The predicted molar refractivity (Wildman–Crippen MR) is 159 cm³/mol. The smallest absolute Gasteiger partial charge is 0.0421 e. The molecule has 0 spiro atoms. The number of fused-ring (bicyclic) bond motifs is 3. The lowest BCUT2D eigenvalue weighted by Crippen LogP contribution is -2.28. The normalized spacial score (nSPS) is 19.6. The highest BCUT2D eigenvalue weighted by Gasteiger charge is 2.40. The summed E-state index contributed by atoms with van der Waals surface area (Å²) in [5, 5.41) is 0. The van der Waals surface area contributed by atoms with Crippen molar-refractivity contribution in [1.29, 1.82) is 0 Å². The molecule has 0 atom stereocenters. The van der Waals surface area contributed by atoms with E-state index in [9.17, 15) is 0 Å². The van der Waals surface area contributed by atoms with Gasteiger partial charge in [-0.2, -0.15) is 0 Å². The van der Waals surface area contributed by atoms with E-state index in [0.717, 1.165) is 56.1 Å². The molecule has 1 N–H and O–H groups in total. The second-order valence-electron chi connectivity index (χ2n) is 10.7. The molecule has 0 saturated heterocycles. The molecule has 0 unspecified atom stereocenters. The van der Waals surface area contributed by atoms with Crippen LogP contribution in [0, 0.1) is 0 Å². The van der Waals surface area contributed by atoms with Gasteiger partial charge in [-0.05, 0) is 85.8 Å². The van der Waals surface area contributed by atoms with Crippen LogP contribution >= 0.6 is 0 Å². The largest absolute Gasteiger partial charge is 0.357 e. The van der Waals surface area contributed by atoms with Crippen LogP contribution in [-0.2, 0) is 11.8 Å². The van der Waals surface area contributed by atoms with E-state index in [1.165, 1.54) is 44.8 Å². The minimum atomic E-state index is 0.0114. The summed E-state index contributed by atoms with van der Waals surface area (Å²) in [4.78, 5) is 3.89. The Labute approximate surface area is 218 Å². The zero-order valence-corrected chi connectivity index (χ0v) is 22.5. The van der Waals surface area contributed by atoms with Crippen molar-refractivity contribution in [3.05, 3.63) is 131 Å². The molecule has 1 nitrogen and oxygen atoms in total. The van der Waals surface area contributed by atoms with Gasteiger partial charge >= 0.3 is 0 Å². The highest BCUT2D eigenvalue weighted by atomic mass is 14.8. The van der Waals surface area contributed by atoms with Crippen LogP contribution in [0.2, 0.25) is 0 Å². The Bertz CT molecular complexity index is 1290. The Morgan fingerprint density at radius 1 is 1.11 bits per heavy atom.